The van der Waals surface area contributed by atoms with Gasteiger partial charge in [0.15, 0.2) is 5.03 Å². The second kappa shape index (κ2) is 5.15. The van der Waals surface area contributed by atoms with Gasteiger partial charge in [0, 0.05) is 6.20 Å². The molecule has 92 valence electrons. The molecule has 0 aromatic carbocycles. The molecule has 0 saturated carbocycles. The third kappa shape index (κ3) is 2.49. The standard InChI is InChI=1S/C9H6ClN5O2S/c10-5-2-1-3-12-8(5)18-9-6(15(16)17)7(11)13-4-14-9/h1-4H,(H2,11,13,14). The van der Waals surface area contributed by atoms with Crippen molar-refractivity contribution in [2.75, 3.05) is 5.73 Å². The molecule has 0 radical (unpaired) electrons. The molecule has 0 aliphatic rings. The number of nitrogen functional groups attached to an aromatic ring is 1. The molecule has 2 aromatic rings. The van der Waals surface area contributed by atoms with E-state index in [0.717, 1.165) is 18.1 Å². The van der Waals surface area contributed by atoms with Crippen LogP contribution in [0.3, 0.4) is 0 Å². The first-order valence-electron chi connectivity index (χ1n) is 4.63. The molecule has 0 saturated heterocycles. The molecule has 0 fully saturated rings. The Hall–Kier alpha value is -1.93. The molecule has 18 heavy (non-hydrogen) atoms. The van der Waals surface area contributed by atoms with E-state index in [1.54, 1.807) is 12.1 Å². The van der Waals surface area contributed by atoms with Crippen LogP contribution in [0.15, 0.2) is 34.7 Å². The maximum absolute atomic E-state index is 10.9. The number of nitrogens with zero attached hydrogens (tertiary/aromatic N) is 4. The number of pyridine rings is 1. The highest BCUT2D eigenvalue weighted by Crippen LogP contribution is 2.36. The summed E-state index contributed by atoms with van der Waals surface area (Å²) in [5.41, 5.74) is 5.11. The number of hydrogen-bond acceptors (Lipinski definition) is 7. The molecule has 0 bridgehead atoms. The summed E-state index contributed by atoms with van der Waals surface area (Å²) in [7, 11) is 0. The van der Waals surface area contributed by atoms with Crippen LogP contribution < -0.4 is 5.73 Å². The average Bonchev–Trinajstić information content (AvgIpc) is 2.31. The van der Waals surface area contributed by atoms with E-state index < -0.39 is 4.92 Å². The third-order valence-electron chi connectivity index (χ3n) is 1.92. The Morgan fingerprint density at radius 3 is 2.78 bits per heavy atom. The maximum Gasteiger partial charge on any atom is 0.343 e. The minimum Gasteiger partial charge on any atom is -0.378 e. The van der Waals surface area contributed by atoms with Crippen molar-refractivity contribution >= 4 is 34.9 Å². The second-order valence-corrected chi connectivity index (χ2v) is 4.45. The number of hydrogen-bond donors (Lipinski definition) is 1. The minimum atomic E-state index is -0.630. The smallest absolute Gasteiger partial charge is 0.343 e. The first-order valence-corrected chi connectivity index (χ1v) is 5.82. The minimum absolute atomic E-state index is 0.105. The van der Waals surface area contributed by atoms with Crippen molar-refractivity contribution in [2.24, 2.45) is 0 Å². The van der Waals surface area contributed by atoms with Gasteiger partial charge in [-0.1, -0.05) is 11.6 Å². The van der Waals surface area contributed by atoms with Crippen molar-refractivity contribution in [1.82, 2.24) is 15.0 Å². The molecule has 0 aliphatic heterocycles. The fourth-order valence-corrected chi connectivity index (χ4v) is 2.23. The fourth-order valence-electron chi connectivity index (χ4n) is 1.16. The molecular formula is C9H6ClN5O2S. The zero-order valence-electron chi connectivity index (χ0n) is 8.78. The van der Waals surface area contributed by atoms with Crippen LogP contribution in [0.25, 0.3) is 0 Å². The Morgan fingerprint density at radius 2 is 2.11 bits per heavy atom. The van der Waals surface area contributed by atoms with Crippen LogP contribution in [0.5, 0.6) is 0 Å². The lowest BCUT2D eigenvalue weighted by Gasteiger charge is -2.03. The normalized spacial score (nSPS) is 10.3. The van der Waals surface area contributed by atoms with Gasteiger partial charge < -0.3 is 5.73 Å². The molecule has 2 heterocycles. The molecule has 0 aliphatic carbocycles. The van der Waals surface area contributed by atoms with E-state index in [1.807, 2.05) is 0 Å². The molecule has 2 N–H and O–H groups in total. The van der Waals surface area contributed by atoms with E-state index in [9.17, 15) is 10.1 Å². The van der Waals surface area contributed by atoms with Crippen molar-refractivity contribution in [3.05, 3.63) is 39.8 Å². The summed E-state index contributed by atoms with van der Waals surface area (Å²) < 4.78 is 0. The van der Waals surface area contributed by atoms with Crippen LogP contribution in [-0.4, -0.2) is 19.9 Å². The van der Waals surface area contributed by atoms with E-state index in [-0.39, 0.29) is 16.5 Å². The predicted molar refractivity (Wildman–Crippen MR) is 66.5 cm³/mol. The Kier molecular flexibility index (Phi) is 3.58. The summed E-state index contributed by atoms with van der Waals surface area (Å²) in [6, 6.07) is 3.29. The molecule has 2 rings (SSSR count). The van der Waals surface area contributed by atoms with Crippen molar-refractivity contribution in [3.8, 4) is 0 Å². The summed E-state index contributed by atoms with van der Waals surface area (Å²) in [4.78, 5) is 21.7. The SMILES string of the molecule is Nc1ncnc(Sc2ncccc2Cl)c1[N+](=O)[O-]. The highest BCUT2D eigenvalue weighted by Gasteiger charge is 2.22. The molecule has 7 nitrogen and oxygen atoms in total. The van der Waals surface area contributed by atoms with Crippen LogP contribution in [0, 0.1) is 10.1 Å². The summed E-state index contributed by atoms with van der Waals surface area (Å²) in [6.45, 7) is 0. The summed E-state index contributed by atoms with van der Waals surface area (Å²) in [6.07, 6.45) is 2.69. The van der Waals surface area contributed by atoms with Crippen LogP contribution in [-0.2, 0) is 0 Å². The van der Waals surface area contributed by atoms with Gasteiger partial charge in [-0.25, -0.2) is 15.0 Å². The van der Waals surface area contributed by atoms with Crippen molar-refractivity contribution in [3.63, 3.8) is 0 Å². The third-order valence-corrected chi connectivity index (χ3v) is 3.35. The number of nitro groups is 1. The first-order chi connectivity index (χ1) is 8.59. The lowest BCUT2D eigenvalue weighted by atomic mass is 10.5. The van der Waals surface area contributed by atoms with Gasteiger partial charge in [-0.05, 0) is 23.9 Å². The quantitative estimate of drug-likeness (QED) is 0.522. The van der Waals surface area contributed by atoms with Crippen LogP contribution in [0.4, 0.5) is 11.5 Å². The van der Waals surface area contributed by atoms with Gasteiger partial charge in [-0.15, -0.1) is 0 Å². The average molecular weight is 284 g/mol. The van der Waals surface area contributed by atoms with E-state index >= 15 is 0 Å². The number of nitrogens with two attached hydrogens (primary N) is 1. The summed E-state index contributed by atoms with van der Waals surface area (Å²) in [5.74, 6) is -0.190. The molecule has 9 heteroatoms. The topological polar surface area (TPSA) is 108 Å². The predicted octanol–water partition coefficient (Wildman–Crippen LogP) is 2.17. The highest BCUT2D eigenvalue weighted by atomic mass is 35.5. The van der Waals surface area contributed by atoms with Crippen molar-refractivity contribution in [2.45, 2.75) is 10.1 Å². The molecular weight excluding hydrogens is 278 g/mol. The van der Waals surface area contributed by atoms with E-state index in [2.05, 4.69) is 15.0 Å². The molecule has 0 atom stereocenters. The number of aromatic nitrogens is 3. The maximum atomic E-state index is 10.9. The molecule has 2 aromatic heterocycles. The largest absolute Gasteiger partial charge is 0.378 e. The fraction of sp³-hybridized carbons (Fsp3) is 0. The Morgan fingerprint density at radius 1 is 1.33 bits per heavy atom. The van der Waals surface area contributed by atoms with Gasteiger partial charge in [-0.3, -0.25) is 10.1 Å². The van der Waals surface area contributed by atoms with Crippen LogP contribution >= 0.6 is 23.4 Å². The zero-order chi connectivity index (χ0) is 13.1. The van der Waals surface area contributed by atoms with Crippen molar-refractivity contribution < 1.29 is 4.92 Å². The van der Waals surface area contributed by atoms with Gasteiger partial charge in [-0.2, -0.15) is 0 Å². The highest BCUT2D eigenvalue weighted by molar-refractivity contribution is 7.99. The number of halogens is 1. The lowest BCUT2D eigenvalue weighted by molar-refractivity contribution is -0.387. The molecule has 0 unspecified atom stereocenters. The molecule has 0 amide bonds. The van der Waals surface area contributed by atoms with Crippen LogP contribution in [0.2, 0.25) is 5.02 Å². The zero-order valence-corrected chi connectivity index (χ0v) is 10.4. The Labute approximate surface area is 111 Å². The second-order valence-electron chi connectivity index (χ2n) is 3.06. The monoisotopic (exact) mass is 283 g/mol. The van der Waals surface area contributed by atoms with Gasteiger partial charge in [0.05, 0.1) is 9.95 Å². The molecule has 0 spiro atoms. The summed E-state index contributed by atoms with van der Waals surface area (Å²) in [5, 5.41) is 11.8. The van der Waals surface area contributed by atoms with Gasteiger partial charge in [0.1, 0.15) is 11.4 Å². The van der Waals surface area contributed by atoms with Gasteiger partial charge in [0.2, 0.25) is 5.82 Å². The van der Waals surface area contributed by atoms with Gasteiger partial charge >= 0.3 is 5.69 Å². The Bertz CT molecular complexity index is 609. The Balaban J connectivity index is 2.44. The lowest BCUT2D eigenvalue weighted by Crippen LogP contribution is -2.01. The van der Waals surface area contributed by atoms with Crippen molar-refractivity contribution in [1.29, 1.82) is 0 Å². The van der Waals surface area contributed by atoms with E-state index in [4.69, 9.17) is 17.3 Å². The first kappa shape index (κ1) is 12.5. The van der Waals surface area contributed by atoms with Crippen LogP contribution in [0.1, 0.15) is 0 Å². The van der Waals surface area contributed by atoms with E-state index in [1.165, 1.54) is 6.20 Å². The van der Waals surface area contributed by atoms with Gasteiger partial charge in [0.25, 0.3) is 0 Å². The summed E-state index contributed by atoms with van der Waals surface area (Å²) >= 11 is 6.89. The number of anilines is 1. The van der Waals surface area contributed by atoms with E-state index in [0.29, 0.717) is 10.0 Å². The number of rotatable bonds is 3.